The van der Waals surface area contributed by atoms with E-state index >= 15 is 0 Å². The van der Waals surface area contributed by atoms with Crippen LogP contribution >= 0.6 is 0 Å². The highest BCUT2D eigenvalue weighted by Gasteiger charge is 2.36. The Morgan fingerprint density at radius 3 is 2.55 bits per heavy atom. The summed E-state index contributed by atoms with van der Waals surface area (Å²) in [6, 6.07) is 2.91. The first-order chi connectivity index (χ1) is 9.09. The van der Waals surface area contributed by atoms with Gasteiger partial charge in [-0.3, -0.25) is 4.79 Å². The summed E-state index contributed by atoms with van der Waals surface area (Å²) in [5, 5.41) is 18.0. The Balaban J connectivity index is 3.25. The Labute approximate surface area is 117 Å². The third-order valence-electron chi connectivity index (χ3n) is 2.55. The minimum atomic E-state index is -4.15. The molecule has 1 atom stereocenters. The number of aliphatic carboxylic acids is 1. The summed E-state index contributed by atoms with van der Waals surface area (Å²) in [6.07, 6.45) is 1.29. The molecule has 0 amide bonds. The molecule has 0 saturated carbocycles. The number of nitrogens with zero attached hydrogens (tertiary/aromatic N) is 2. The van der Waals surface area contributed by atoms with Crippen LogP contribution in [0.1, 0.15) is 26.5 Å². The van der Waals surface area contributed by atoms with Crippen molar-refractivity contribution in [2.75, 3.05) is 0 Å². The van der Waals surface area contributed by atoms with Crippen molar-refractivity contribution in [3.8, 4) is 6.07 Å². The number of carboxylic acids is 1. The molecular weight excluding hydrogens is 282 g/mol. The molecule has 0 fully saturated rings. The van der Waals surface area contributed by atoms with Gasteiger partial charge in [0, 0.05) is 6.20 Å². The van der Waals surface area contributed by atoms with Crippen LogP contribution in [0.25, 0.3) is 0 Å². The Morgan fingerprint density at radius 1 is 1.50 bits per heavy atom. The van der Waals surface area contributed by atoms with Crippen LogP contribution in [0.4, 0.5) is 0 Å². The van der Waals surface area contributed by atoms with Crippen molar-refractivity contribution in [3.63, 3.8) is 0 Å². The summed E-state index contributed by atoms with van der Waals surface area (Å²) in [4.78, 5) is 14.5. The normalized spacial score (nSPS) is 13.5. The molecule has 0 radical (unpaired) electrons. The number of hydrogen-bond donors (Lipinski definition) is 2. The summed E-state index contributed by atoms with van der Waals surface area (Å²) in [6.45, 7) is 4.80. The van der Waals surface area contributed by atoms with Crippen molar-refractivity contribution in [2.45, 2.75) is 31.7 Å². The van der Waals surface area contributed by atoms with Crippen LogP contribution in [0, 0.1) is 16.7 Å². The number of pyridine rings is 1. The summed E-state index contributed by atoms with van der Waals surface area (Å²) in [5.41, 5.74) is -1.11. The van der Waals surface area contributed by atoms with E-state index in [0.29, 0.717) is 0 Å². The van der Waals surface area contributed by atoms with Crippen LogP contribution in [0.2, 0.25) is 0 Å². The topological polar surface area (TPSA) is 120 Å². The highest BCUT2D eigenvalue weighted by atomic mass is 32.2. The molecule has 2 N–H and O–H groups in total. The number of nitrogens with one attached hydrogen (secondary N) is 1. The maximum absolute atomic E-state index is 12.2. The summed E-state index contributed by atoms with van der Waals surface area (Å²) in [7, 11) is -4.15. The molecule has 1 heterocycles. The van der Waals surface area contributed by atoms with E-state index in [1.807, 2.05) is 0 Å². The molecule has 20 heavy (non-hydrogen) atoms. The molecule has 1 rings (SSSR count). The number of carbonyl (C=O) groups is 1. The largest absolute Gasteiger partial charge is 0.480 e. The van der Waals surface area contributed by atoms with Gasteiger partial charge >= 0.3 is 5.97 Å². The summed E-state index contributed by atoms with van der Waals surface area (Å²) in [5.74, 6) is -1.29. The number of sulfonamides is 1. The second-order valence-electron chi connectivity index (χ2n) is 5.22. The Morgan fingerprint density at radius 2 is 2.10 bits per heavy atom. The number of rotatable bonds is 4. The van der Waals surface area contributed by atoms with E-state index in [9.17, 15) is 13.2 Å². The van der Waals surface area contributed by atoms with E-state index in [2.05, 4.69) is 9.71 Å². The second kappa shape index (κ2) is 5.56. The third kappa shape index (κ3) is 3.53. The van der Waals surface area contributed by atoms with Gasteiger partial charge in [0.25, 0.3) is 0 Å². The molecule has 7 nitrogen and oxygen atoms in total. The summed E-state index contributed by atoms with van der Waals surface area (Å²) < 4.78 is 26.5. The van der Waals surface area contributed by atoms with Crippen LogP contribution in [0.3, 0.4) is 0 Å². The fourth-order valence-electron chi connectivity index (χ4n) is 1.51. The minimum Gasteiger partial charge on any atom is -0.480 e. The number of aromatic nitrogens is 1. The molecule has 1 unspecified atom stereocenters. The molecule has 0 bridgehead atoms. The van der Waals surface area contributed by atoms with Gasteiger partial charge in [-0.2, -0.15) is 9.98 Å². The maximum atomic E-state index is 12.2. The van der Waals surface area contributed by atoms with Crippen LogP contribution in [-0.4, -0.2) is 30.5 Å². The lowest BCUT2D eigenvalue weighted by molar-refractivity contribution is -0.141. The van der Waals surface area contributed by atoms with Gasteiger partial charge in [-0.1, -0.05) is 20.8 Å². The van der Waals surface area contributed by atoms with Crippen molar-refractivity contribution >= 4 is 16.0 Å². The lowest BCUT2D eigenvalue weighted by Crippen LogP contribution is -2.49. The molecular formula is C12H15N3O4S. The molecule has 8 heteroatoms. The Bertz CT molecular complexity index is 656. The molecule has 108 valence electrons. The smallest absolute Gasteiger partial charge is 0.322 e. The first-order valence-electron chi connectivity index (χ1n) is 5.70. The second-order valence-corrected chi connectivity index (χ2v) is 6.90. The van der Waals surface area contributed by atoms with Crippen molar-refractivity contribution in [2.24, 2.45) is 5.41 Å². The Hall–Kier alpha value is -1.98. The predicted octanol–water partition coefficient (Wildman–Crippen LogP) is 0.731. The van der Waals surface area contributed by atoms with Crippen molar-refractivity contribution in [1.29, 1.82) is 5.26 Å². The van der Waals surface area contributed by atoms with E-state index in [-0.39, 0.29) is 10.6 Å². The molecule has 0 aliphatic rings. The van der Waals surface area contributed by atoms with Crippen LogP contribution in [0.15, 0.2) is 23.2 Å². The minimum absolute atomic E-state index is 0.280. The molecule has 1 aromatic rings. The zero-order chi connectivity index (χ0) is 15.6. The van der Waals surface area contributed by atoms with Crippen LogP contribution in [0.5, 0.6) is 0 Å². The van der Waals surface area contributed by atoms with E-state index in [4.69, 9.17) is 10.4 Å². The fourth-order valence-corrected chi connectivity index (χ4v) is 3.01. The molecule has 0 aliphatic carbocycles. The SMILES string of the molecule is CC(C)(C)C(NS(=O)(=O)c1cccnc1C#N)C(=O)O. The average molecular weight is 297 g/mol. The standard InChI is InChI=1S/C12H15N3O4S/c1-12(2,3)10(11(16)17)15-20(18,19)9-5-4-6-14-8(9)7-13/h4-6,10,15H,1-3H3,(H,16,17). The molecule has 1 aromatic heterocycles. The van der Waals surface area contributed by atoms with Gasteiger partial charge in [-0.05, 0) is 17.5 Å². The van der Waals surface area contributed by atoms with E-state index in [1.165, 1.54) is 18.3 Å². The van der Waals surface area contributed by atoms with Crippen LogP contribution in [-0.2, 0) is 14.8 Å². The highest BCUT2D eigenvalue weighted by molar-refractivity contribution is 7.89. The fraction of sp³-hybridized carbons (Fsp3) is 0.417. The van der Waals surface area contributed by atoms with Gasteiger partial charge in [-0.25, -0.2) is 13.4 Å². The van der Waals surface area contributed by atoms with Gasteiger partial charge < -0.3 is 5.11 Å². The van der Waals surface area contributed by atoms with Crippen LogP contribution < -0.4 is 4.72 Å². The summed E-state index contributed by atoms with van der Waals surface area (Å²) >= 11 is 0. The first kappa shape index (κ1) is 16.1. The average Bonchev–Trinajstić information content (AvgIpc) is 2.34. The van der Waals surface area contributed by atoms with Gasteiger partial charge in [0.1, 0.15) is 17.0 Å². The molecule has 0 aromatic carbocycles. The number of carboxylic acid groups (broad SMARTS) is 1. The highest BCUT2D eigenvalue weighted by Crippen LogP contribution is 2.22. The maximum Gasteiger partial charge on any atom is 0.322 e. The molecule has 0 spiro atoms. The lowest BCUT2D eigenvalue weighted by atomic mass is 9.88. The zero-order valence-corrected chi connectivity index (χ0v) is 12.1. The lowest BCUT2D eigenvalue weighted by Gasteiger charge is -2.27. The van der Waals surface area contributed by atoms with E-state index < -0.39 is 27.4 Å². The Kier molecular flexibility index (Phi) is 4.47. The monoisotopic (exact) mass is 297 g/mol. The number of hydrogen-bond acceptors (Lipinski definition) is 5. The predicted molar refractivity (Wildman–Crippen MR) is 70.2 cm³/mol. The van der Waals surface area contributed by atoms with Gasteiger partial charge in [-0.15, -0.1) is 0 Å². The third-order valence-corrected chi connectivity index (χ3v) is 4.01. The van der Waals surface area contributed by atoms with Crippen molar-refractivity contribution in [3.05, 3.63) is 24.0 Å². The quantitative estimate of drug-likeness (QED) is 0.845. The molecule has 0 saturated heterocycles. The molecule has 0 aliphatic heterocycles. The van der Waals surface area contributed by atoms with Gasteiger partial charge in [0.15, 0.2) is 5.69 Å². The van der Waals surface area contributed by atoms with E-state index in [1.54, 1.807) is 26.8 Å². The zero-order valence-electron chi connectivity index (χ0n) is 11.3. The van der Waals surface area contributed by atoms with Crippen molar-refractivity contribution in [1.82, 2.24) is 9.71 Å². The van der Waals surface area contributed by atoms with E-state index in [0.717, 1.165) is 0 Å². The van der Waals surface area contributed by atoms with Gasteiger partial charge in [0.2, 0.25) is 10.0 Å². The number of nitriles is 1. The van der Waals surface area contributed by atoms with Gasteiger partial charge in [0.05, 0.1) is 0 Å². The van der Waals surface area contributed by atoms with Crippen molar-refractivity contribution < 1.29 is 18.3 Å². The first-order valence-corrected chi connectivity index (χ1v) is 7.18.